The van der Waals surface area contributed by atoms with E-state index >= 15 is 0 Å². The molecule has 0 N–H and O–H groups in total. The van der Waals surface area contributed by atoms with Crippen LogP contribution in [0.25, 0.3) is 0 Å². The van der Waals surface area contributed by atoms with Crippen LogP contribution < -0.4 is 4.74 Å². The third-order valence-electron chi connectivity index (χ3n) is 4.20. The van der Waals surface area contributed by atoms with Crippen LogP contribution in [-0.4, -0.2) is 71.0 Å². The maximum atomic E-state index is 12.8. The number of carbonyl (C=O) groups is 1. The number of alkyl halides is 3. The number of aromatic nitrogens is 2. The molecule has 0 saturated carbocycles. The van der Waals surface area contributed by atoms with Gasteiger partial charge in [0.1, 0.15) is 11.6 Å². The molecule has 1 aromatic rings. The van der Waals surface area contributed by atoms with Gasteiger partial charge in [-0.15, -0.1) is 0 Å². The zero-order valence-electron chi connectivity index (χ0n) is 13.6. The van der Waals surface area contributed by atoms with Crippen LogP contribution in [0.4, 0.5) is 13.2 Å². The first-order valence-corrected chi connectivity index (χ1v) is 7.34. The van der Waals surface area contributed by atoms with E-state index in [0.29, 0.717) is 17.1 Å². The minimum absolute atomic E-state index is 0.189. The molecule has 1 aliphatic rings. The van der Waals surface area contributed by atoms with E-state index in [1.165, 1.54) is 16.7 Å². The van der Waals surface area contributed by atoms with Gasteiger partial charge in [-0.2, -0.15) is 18.3 Å². The Morgan fingerprint density at radius 2 is 1.83 bits per heavy atom. The second-order valence-corrected chi connectivity index (χ2v) is 5.64. The maximum absolute atomic E-state index is 12.8. The molecule has 2 rings (SSSR count). The fourth-order valence-corrected chi connectivity index (χ4v) is 2.79. The molecule has 130 valence electrons. The zero-order chi connectivity index (χ0) is 17.4. The third kappa shape index (κ3) is 3.44. The van der Waals surface area contributed by atoms with Gasteiger partial charge in [0.15, 0.2) is 0 Å². The summed E-state index contributed by atoms with van der Waals surface area (Å²) in [6.45, 7) is 3.72. The lowest BCUT2D eigenvalue weighted by molar-refractivity contribution is -0.181. The molecule has 0 aliphatic carbocycles. The van der Waals surface area contributed by atoms with Crippen LogP contribution in [0.3, 0.4) is 0 Å². The van der Waals surface area contributed by atoms with E-state index in [0.717, 1.165) is 6.92 Å². The number of nitrogens with zero attached hydrogens (tertiary/aromatic N) is 4. The highest BCUT2D eigenvalue weighted by atomic mass is 19.4. The van der Waals surface area contributed by atoms with Crippen molar-refractivity contribution in [2.45, 2.75) is 26.1 Å². The van der Waals surface area contributed by atoms with E-state index in [4.69, 9.17) is 4.74 Å². The van der Waals surface area contributed by atoms with Gasteiger partial charge in [-0.3, -0.25) is 9.69 Å². The van der Waals surface area contributed by atoms with Crippen molar-refractivity contribution in [1.29, 1.82) is 0 Å². The van der Waals surface area contributed by atoms with Gasteiger partial charge in [-0.05, 0) is 13.8 Å². The number of hydrogen-bond acceptors (Lipinski definition) is 4. The summed E-state index contributed by atoms with van der Waals surface area (Å²) in [7, 11) is 3.13. The van der Waals surface area contributed by atoms with E-state index in [1.54, 1.807) is 18.9 Å². The first kappa shape index (κ1) is 17.6. The Kier molecular flexibility index (Phi) is 4.88. The average Bonchev–Trinajstić information content (AvgIpc) is 2.78. The van der Waals surface area contributed by atoms with Crippen LogP contribution in [0.2, 0.25) is 0 Å². The predicted molar refractivity (Wildman–Crippen MR) is 77.5 cm³/mol. The van der Waals surface area contributed by atoms with Crippen molar-refractivity contribution in [2.24, 2.45) is 7.05 Å². The average molecular weight is 334 g/mol. The lowest BCUT2D eigenvalue weighted by atomic mass is 10.1. The first-order valence-electron chi connectivity index (χ1n) is 7.34. The van der Waals surface area contributed by atoms with E-state index < -0.39 is 12.2 Å². The van der Waals surface area contributed by atoms with Crippen LogP contribution in [0.1, 0.15) is 23.0 Å². The summed E-state index contributed by atoms with van der Waals surface area (Å²) in [5.74, 6) is 0.102. The van der Waals surface area contributed by atoms with Crippen molar-refractivity contribution in [2.75, 3.05) is 33.3 Å². The smallest absolute Gasteiger partial charge is 0.403 e. The minimum atomic E-state index is -4.25. The van der Waals surface area contributed by atoms with Crippen LogP contribution in [0.5, 0.6) is 5.88 Å². The number of amides is 1. The molecular weight excluding hydrogens is 313 g/mol. The highest BCUT2D eigenvalue weighted by Crippen LogP contribution is 2.27. The molecule has 0 aromatic carbocycles. The van der Waals surface area contributed by atoms with Gasteiger partial charge in [0.05, 0.1) is 12.8 Å². The van der Waals surface area contributed by atoms with Crippen molar-refractivity contribution in [3.8, 4) is 5.88 Å². The Bertz CT molecular complexity index is 577. The van der Waals surface area contributed by atoms with E-state index in [9.17, 15) is 18.0 Å². The van der Waals surface area contributed by atoms with Crippen LogP contribution in [0, 0.1) is 6.92 Å². The second kappa shape index (κ2) is 6.38. The molecule has 6 nitrogen and oxygen atoms in total. The summed E-state index contributed by atoms with van der Waals surface area (Å²) in [5, 5.41) is 4.16. The summed E-state index contributed by atoms with van der Waals surface area (Å²) in [6.07, 6.45) is -4.25. The van der Waals surface area contributed by atoms with Crippen LogP contribution in [-0.2, 0) is 7.05 Å². The number of hydrogen-bond donors (Lipinski definition) is 0. The highest BCUT2D eigenvalue weighted by Gasteiger charge is 2.41. The number of carbonyl (C=O) groups excluding carboxylic acids is 1. The summed E-state index contributed by atoms with van der Waals surface area (Å²) < 4.78 is 45.0. The topological polar surface area (TPSA) is 50.6 Å². The van der Waals surface area contributed by atoms with Crippen LogP contribution in [0.15, 0.2) is 0 Å². The molecule has 23 heavy (non-hydrogen) atoms. The Morgan fingerprint density at radius 1 is 1.26 bits per heavy atom. The lowest BCUT2D eigenvalue weighted by Crippen LogP contribution is -2.54. The Balaban J connectivity index is 2.08. The molecule has 1 aromatic heterocycles. The Labute approximate surface area is 132 Å². The molecule has 0 bridgehead atoms. The standard InChI is InChI=1S/C14H21F3N4O2/c1-9-11(13(23-4)19(3)18-9)12(22)21-7-5-20(6-8-21)10(2)14(15,16)17/h10H,5-8H2,1-4H3. The largest absolute Gasteiger partial charge is 0.481 e. The molecule has 9 heteroatoms. The van der Waals surface area contributed by atoms with Crippen molar-refractivity contribution >= 4 is 5.91 Å². The van der Waals surface area contributed by atoms with E-state index in [1.807, 2.05) is 0 Å². The molecule has 0 radical (unpaired) electrons. The van der Waals surface area contributed by atoms with E-state index in [-0.39, 0.29) is 32.1 Å². The predicted octanol–water partition coefficient (Wildman–Crippen LogP) is 1.45. The van der Waals surface area contributed by atoms with Gasteiger partial charge in [0.25, 0.3) is 5.91 Å². The number of aryl methyl sites for hydroxylation is 2. The normalized spacial score (nSPS) is 18.1. The fourth-order valence-electron chi connectivity index (χ4n) is 2.79. The number of methoxy groups -OCH3 is 1. The number of piperazine rings is 1. The summed E-state index contributed by atoms with van der Waals surface area (Å²) >= 11 is 0. The molecule has 1 amide bonds. The molecule has 1 fully saturated rings. The quantitative estimate of drug-likeness (QED) is 0.839. The summed E-state index contributed by atoms with van der Waals surface area (Å²) in [4.78, 5) is 15.5. The Morgan fingerprint density at radius 3 is 2.30 bits per heavy atom. The van der Waals surface area contributed by atoms with Crippen molar-refractivity contribution in [1.82, 2.24) is 19.6 Å². The van der Waals surface area contributed by atoms with Crippen molar-refractivity contribution < 1.29 is 22.7 Å². The first-order chi connectivity index (χ1) is 10.7. The van der Waals surface area contributed by atoms with Gasteiger partial charge in [-0.1, -0.05) is 0 Å². The monoisotopic (exact) mass is 334 g/mol. The lowest BCUT2D eigenvalue weighted by Gasteiger charge is -2.38. The molecule has 1 aliphatic heterocycles. The molecule has 0 spiro atoms. The summed E-state index contributed by atoms with van der Waals surface area (Å²) in [6, 6.07) is -1.51. The molecular formula is C14H21F3N4O2. The van der Waals surface area contributed by atoms with Crippen molar-refractivity contribution in [3.63, 3.8) is 0 Å². The van der Waals surface area contributed by atoms with Crippen LogP contribution >= 0.6 is 0 Å². The van der Waals surface area contributed by atoms with Gasteiger partial charge in [0.2, 0.25) is 5.88 Å². The minimum Gasteiger partial charge on any atom is -0.481 e. The molecule has 1 atom stereocenters. The molecule has 1 saturated heterocycles. The molecule has 1 unspecified atom stereocenters. The van der Waals surface area contributed by atoms with Crippen molar-refractivity contribution in [3.05, 3.63) is 11.3 Å². The Hall–Kier alpha value is -1.77. The third-order valence-corrected chi connectivity index (χ3v) is 4.20. The highest BCUT2D eigenvalue weighted by molar-refractivity contribution is 5.97. The maximum Gasteiger partial charge on any atom is 0.403 e. The van der Waals surface area contributed by atoms with Gasteiger partial charge >= 0.3 is 6.18 Å². The molecule has 2 heterocycles. The number of halogens is 3. The SMILES string of the molecule is COc1c(C(=O)N2CCN(C(C)C(F)(F)F)CC2)c(C)nn1C. The number of rotatable bonds is 3. The fraction of sp³-hybridized carbons (Fsp3) is 0.714. The van der Waals surface area contributed by atoms with Gasteiger partial charge in [0, 0.05) is 33.2 Å². The van der Waals surface area contributed by atoms with Gasteiger partial charge in [-0.25, -0.2) is 4.68 Å². The number of ether oxygens (including phenoxy) is 1. The summed E-state index contributed by atoms with van der Waals surface area (Å²) in [5.41, 5.74) is 0.910. The zero-order valence-corrected chi connectivity index (χ0v) is 13.6. The van der Waals surface area contributed by atoms with E-state index in [2.05, 4.69) is 5.10 Å². The van der Waals surface area contributed by atoms with Gasteiger partial charge < -0.3 is 9.64 Å². The second-order valence-electron chi connectivity index (χ2n) is 5.64.